The van der Waals surface area contributed by atoms with E-state index in [9.17, 15) is 18.0 Å². The van der Waals surface area contributed by atoms with Crippen molar-refractivity contribution in [3.8, 4) is 11.3 Å². The molecule has 0 aliphatic carbocycles. The average molecular weight is 272 g/mol. The monoisotopic (exact) mass is 272 g/mol. The molecule has 0 saturated carbocycles. The van der Waals surface area contributed by atoms with Gasteiger partial charge in [0.15, 0.2) is 4.77 Å². The van der Waals surface area contributed by atoms with Crippen LogP contribution >= 0.6 is 12.2 Å². The quantitative estimate of drug-likeness (QED) is 0.784. The predicted octanol–water partition coefficient (Wildman–Crippen LogP) is 3.12. The van der Waals surface area contributed by atoms with E-state index < -0.39 is 17.3 Å². The van der Waals surface area contributed by atoms with Crippen LogP contribution in [0.15, 0.2) is 35.1 Å². The second kappa shape index (κ2) is 4.41. The van der Waals surface area contributed by atoms with Crippen molar-refractivity contribution in [2.45, 2.75) is 6.18 Å². The van der Waals surface area contributed by atoms with E-state index >= 15 is 0 Å². The summed E-state index contributed by atoms with van der Waals surface area (Å²) >= 11 is 4.78. The molecule has 1 heterocycles. The fourth-order valence-electron chi connectivity index (χ4n) is 1.46. The number of alkyl halides is 3. The van der Waals surface area contributed by atoms with E-state index in [2.05, 4.69) is 9.97 Å². The molecule has 0 bridgehead atoms. The van der Waals surface area contributed by atoms with Crippen molar-refractivity contribution >= 4 is 12.2 Å². The van der Waals surface area contributed by atoms with Crippen LogP contribution in [-0.2, 0) is 6.18 Å². The molecule has 0 radical (unpaired) electrons. The molecule has 0 atom stereocenters. The van der Waals surface area contributed by atoms with Gasteiger partial charge in [0.25, 0.3) is 5.56 Å². The second-order valence-corrected chi connectivity index (χ2v) is 3.98. The number of halogens is 3. The number of H-pyrrole nitrogens is 2. The number of rotatable bonds is 1. The van der Waals surface area contributed by atoms with Crippen molar-refractivity contribution in [2.75, 3.05) is 0 Å². The lowest BCUT2D eigenvalue weighted by Gasteiger charge is -2.07. The highest BCUT2D eigenvalue weighted by Gasteiger charge is 2.29. The van der Waals surface area contributed by atoms with Gasteiger partial charge in [0.05, 0.1) is 11.3 Å². The molecule has 0 fully saturated rings. The van der Waals surface area contributed by atoms with Gasteiger partial charge < -0.3 is 4.98 Å². The largest absolute Gasteiger partial charge is 0.416 e. The predicted molar refractivity (Wildman–Crippen MR) is 62.7 cm³/mol. The van der Waals surface area contributed by atoms with Crippen LogP contribution in [0.2, 0.25) is 0 Å². The molecule has 18 heavy (non-hydrogen) atoms. The topological polar surface area (TPSA) is 48.6 Å². The third-order valence-electron chi connectivity index (χ3n) is 2.28. The van der Waals surface area contributed by atoms with E-state index in [1.165, 1.54) is 18.2 Å². The first kappa shape index (κ1) is 12.6. The standard InChI is InChI=1S/C11H7F3N2OS/c12-11(13,14)7-3-1-6(2-4-7)8-5-9(17)16-10(18)15-8/h1-5H,(H2,15,16,17,18). The van der Waals surface area contributed by atoms with Crippen molar-refractivity contribution < 1.29 is 13.2 Å². The maximum Gasteiger partial charge on any atom is 0.416 e. The Balaban J connectivity index is 2.47. The highest BCUT2D eigenvalue weighted by atomic mass is 32.1. The Labute approximate surface area is 104 Å². The zero-order valence-electron chi connectivity index (χ0n) is 8.84. The minimum absolute atomic E-state index is 0.123. The first-order valence-electron chi connectivity index (χ1n) is 4.87. The van der Waals surface area contributed by atoms with Gasteiger partial charge >= 0.3 is 6.18 Å². The van der Waals surface area contributed by atoms with Crippen LogP contribution in [0.1, 0.15) is 5.56 Å². The maximum absolute atomic E-state index is 12.4. The van der Waals surface area contributed by atoms with Crippen LogP contribution < -0.4 is 5.56 Å². The molecule has 0 spiro atoms. The number of hydrogen-bond donors (Lipinski definition) is 2. The van der Waals surface area contributed by atoms with Gasteiger partial charge in [-0.2, -0.15) is 13.2 Å². The van der Waals surface area contributed by atoms with Gasteiger partial charge in [0, 0.05) is 6.07 Å². The van der Waals surface area contributed by atoms with Gasteiger partial charge in [-0.15, -0.1) is 0 Å². The summed E-state index contributed by atoms with van der Waals surface area (Å²) in [5, 5.41) is 0. The molecule has 1 aromatic carbocycles. The molecule has 1 aromatic heterocycles. The zero-order chi connectivity index (χ0) is 13.3. The molecule has 2 N–H and O–H groups in total. The lowest BCUT2D eigenvalue weighted by molar-refractivity contribution is -0.137. The summed E-state index contributed by atoms with van der Waals surface area (Å²) < 4.78 is 37.2. The van der Waals surface area contributed by atoms with Gasteiger partial charge in [-0.05, 0) is 29.9 Å². The normalized spacial score (nSPS) is 11.5. The number of aromatic nitrogens is 2. The van der Waals surface area contributed by atoms with E-state index in [1.807, 2.05) is 0 Å². The number of hydrogen-bond acceptors (Lipinski definition) is 2. The van der Waals surface area contributed by atoms with Gasteiger partial charge in [-0.3, -0.25) is 9.78 Å². The molecule has 0 aliphatic rings. The summed E-state index contributed by atoms with van der Waals surface area (Å²) in [5.74, 6) is 0. The van der Waals surface area contributed by atoms with Crippen LogP contribution in [0.5, 0.6) is 0 Å². The lowest BCUT2D eigenvalue weighted by atomic mass is 10.1. The van der Waals surface area contributed by atoms with Crippen molar-refractivity contribution in [3.05, 3.63) is 51.0 Å². The third kappa shape index (κ3) is 2.67. The number of nitrogens with one attached hydrogen (secondary N) is 2. The third-order valence-corrected chi connectivity index (χ3v) is 2.49. The van der Waals surface area contributed by atoms with Crippen LogP contribution in [0.3, 0.4) is 0 Å². The van der Waals surface area contributed by atoms with Crippen molar-refractivity contribution in [2.24, 2.45) is 0 Å². The molecular weight excluding hydrogens is 265 g/mol. The number of aromatic amines is 2. The van der Waals surface area contributed by atoms with E-state index in [1.54, 1.807) is 0 Å². The Hall–Kier alpha value is -1.89. The summed E-state index contributed by atoms with van der Waals surface area (Å²) in [7, 11) is 0. The Bertz CT molecular complexity index is 642. The molecule has 0 aliphatic heterocycles. The molecule has 2 rings (SSSR count). The first-order chi connectivity index (χ1) is 8.36. The molecule has 0 saturated heterocycles. The minimum Gasteiger partial charge on any atom is -0.332 e. The fourth-order valence-corrected chi connectivity index (χ4v) is 1.67. The van der Waals surface area contributed by atoms with Gasteiger partial charge in [-0.25, -0.2) is 0 Å². The Kier molecular flexibility index (Phi) is 3.08. The second-order valence-electron chi connectivity index (χ2n) is 3.58. The zero-order valence-corrected chi connectivity index (χ0v) is 9.65. The molecule has 2 aromatic rings. The Morgan fingerprint density at radius 1 is 1.06 bits per heavy atom. The number of benzene rings is 1. The fraction of sp³-hybridized carbons (Fsp3) is 0.0909. The summed E-state index contributed by atoms with van der Waals surface area (Å²) in [6, 6.07) is 5.70. The highest BCUT2D eigenvalue weighted by molar-refractivity contribution is 7.71. The molecule has 3 nitrogen and oxygen atoms in total. The van der Waals surface area contributed by atoms with Crippen LogP contribution in [0.25, 0.3) is 11.3 Å². The Morgan fingerprint density at radius 3 is 2.17 bits per heavy atom. The SMILES string of the molecule is O=c1cc(-c2ccc(C(F)(F)F)cc2)[nH]c(=S)[nH]1. The Morgan fingerprint density at radius 2 is 1.67 bits per heavy atom. The first-order valence-corrected chi connectivity index (χ1v) is 5.28. The summed E-state index contributed by atoms with van der Waals surface area (Å²) in [5.41, 5.74) is -0.319. The minimum atomic E-state index is -4.38. The van der Waals surface area contributed by atoms with Crippen molar-refractivity contribution in [1.82, 2.24) is 9.97 Å². The van der Waals surface area contributed by atoms with Crippen molar-refractivity contribution in [3.63, 3.8) is 0 Å². The van der Waals surface area contributed by atoms with Gasteiger partial charge in [0.1, 0.15) is 0 Å². The molecule has 0 amide bonds. The van der Waals surface area contributed by atoms with E-state index in [0.717, 1.165) is 12.1 Å². The molecule has 94 valence electrons. The highest BCUT2D eigenvalue weighted by Crippen LogP contribution is 2.30. The van der Waals surface area contributed by atoms with E-state index in [0.29, 0.717) is 11.3 Å². The molecule has 7 heteroatoms. The van der Waals surface area contributed by atoms with Gasteiger partial charge in [0.2, 0.25) is 0 Å². The van der Waals surface area contributed by atoms with Crippen LogP contribution in [-0.4, -0.2) is 9.97 Å². The van der Waals surface area contributed by atoms with Crippen LogP contribution in [0.4, 0.5) is 13.2 Å². The average Bonchev–Trinajstić information content (AvgIpc) is 2.27. The molecule has 0 unspecified atom stereocenters. The maximum atomic E-state index is 12.4. The summed E-state index contributed by atoms with van der Waals surface area (Å²) in [4.78, 5) is 16.2. The lowest BCUT2D eigenvalue weighted by Crippen LogP contribution is -2.07. The molecular formula is C11H7F3N2OS. The van der Waals surface area contributed by atoms with E-state index in [4.69, 9.17) is 12.2 Å². The van der Waals surface area contributed by atoms with Gasteiger partial charge in [-0.1, -0.05) is 12.1 Å². The summed E-state index contributed by atoms with van der Waals surface area (Å²) in [6.07, 6.45) is -4.38. The van der Waals surface area contributed by atoms with Crippen molar-refractivity contribution in [1.29, 1.82) is 0 Å². The van der Waals surface area contributed by atoms with Crippen LogP contribution in [0, 0.1) is 4.77 Å². The van der Waals surface area contributed by atoms with E-state index in [-0.39, 0.29) is 4.77 Å². The smallest absolute Gasteiger partial charge is 0.332 e. The summed E-state index contributed by atoms with van der Waals surface area (Å²) in [6.45, 7) is 0.